The van der Waals surface area contributed by atoms with Crippen LogP contribution in [0.25, 0.3) is 5.78 Å². The number of aliphatic hydroxyl groups excluding tert-OH is 1. The highest BCUT2D eigenvalue weighted by Crippen LogP contribution is 2.07. The van der Waals surface area contributed by atoms with E-state index in [-0.39, 0.29) is 18.6 Å². The molecule has 1 amide bonds. The first-order valence-electron chi connectivity index (χ1n) is 5.74. The highest BCUT2D eigenvalue weighted by Gasteiger charge is 2.16. The van der Waals surface area contributed by atoms with Crippen LogP contribution < -0.4 is 5.32 Å². The third kappa shape index (κ3) is 2.17. The third-order valence-electron chi connectivity index (χ3n) is 2.84. The topological polar surface area (TPSA) is 92.4 Å². The monoisotopic (exact) mass is 249 g/mol. The molecule has 2 aromatic rings. The summed E-state index contributed by atoms with van der Waals surface area (Å²) in [7, 11) is 0. The molecule has 0 saturated heterocycles. The first kappa shape index (κ1) is 12.4. The Hall–Kier alpha value is -2.02. The number of rotatable bonds is 4. The summed E-state index contributed by atoms with van der Waals surface area (Å²) in [6, 6.07) is -0.247. The fourth-order valence-electron chi connectivity index (χ4n) is 1.65. The molecule has 18 heavy (non-hydrogen) atoms. The van der Waals surface area contributed by atoms with Crippen molar-refractivity contribution >= 4 is 11.7 Å². The molecule has 0 aromatic carbocycles. The Kier molecular flexibility index (Phi) is 3.52. The van der Waals surface area contributed by atoms with Crippen molar-refractivity contribution < 1.29 is 9.90 Å². The zero-order valence-electron chi connectivity index (χ0n) is 10.3. The summed E-state index contributed by atoms with van der Waals surface area (Å²) >= 11 is 0. The van der Waals surface area contributed by atoms with E-state index in [0.29, 0.717) is 23.5 Å². The van der Waals surface area contributed by atoms with Crippen LogP contribution in [0.2, 0.25) is 0 Å². The van der Waals surface area contributed by atoms with E-state index in [1.54, 1.807) is 6.92 Å². The third-order valence-corrected chi connectivity index (χ3v) is 2.84. The molecule has 0 saturated carbocycles. The summed E-state index contributed by atoms with van der Waals surface area (Å²) in [4.78, 5) is 20.0. The molecule has 7 heteroatoms. The van der Waals surface area contributed by atoms with E-state index < -0.39 is 0 Å². The maximum absolute atomic E-state index is 12.0. The van der Waals surface area contributed by atoms with E-state index in [4.69, 9.17) is 5.11 Å². The number of nitrogens with zero attached hydrogens (tertiary/aromatic N) is 4. The van der Waals surface area contributed by atoms with Crippen molar-refractivity contribution in [2.75, 3.05) is 6.61 Å². The van der Waals surface area contributed by atoms with E-state index in [1.165, 1.54) is 17.0 Å². The molecule has 0 spiro atoms. The average Bonchev–Trinajstić information content (AvgIpc) is 2.85. The van der Waals surface area contributed by atoms with Gasteiger partial charge in [-0.15, -0.1) is 0 Å². The Morgan fingerprint density at radius 2 is 2.33 bits per heavy atom. The zero-order valence-corrected chi connectivity index (χ0v) is 10.3. The highest BCUT2D eigenvalue weighted by atomic mass is 16.3. The first-order chi connectivity index (χ1) is 8.67. The summed E-state index contributed by atoms with van der Waals surface area (Å²) in [5.74, 6) is 0.191. The van der Waals surface area contributed by atoms with Crippen molar-refractivity contribution in [1.82, 2.24) is 24.9 Å². The van der Waals surface area contributed by atoms with Crippen LogP contribution in [0.3, 0.4) is 0 Å². The number of aliphatic hydroxyl groups is 1. The molecule has 1 unspecified atom stereocenters. The molecule has 0 aliphatic carbocycles. The molecule has 7 nitrogen and oxygen atoms in total. The maximum atomic E-state index is 12.0. The lowest BCUT2D eigenvalue weighted by Gasteiger charge is -2.14. The molecule has 0 aliphatic heterocycles. The number of aromatic nitrogens is 4. The van der Waals surface area contributed by atoms with Crippen molar-refractivity contribution in [2.45, 2.75) is 26.3 Å². The van der Waals surface area contributed by atoms with Gasteiger partial charge in [-0.05, 0) is 13.3 Å². The van der Waals surface area contributed by atoms with Crippen LogP contribution in [0.1, 0.15) is 29.4 Å². The number of amides is 1. The second kappa shape index (κ2) is 5.09. The highest BCUT2D eigenvalue weighted by molar-refractivity contribution is 5.95. The van der Waals surface area contributed by atoms with Crippen molar-refractivity contribution in [3.8, 4) is 0 Å². The van der Waals surface area contributed by atoms with Crippen molar-refractivity contribution in [3.05, 3.63) is 23.8 Å². The van der Waals surface area contributed by atoms with Gasteiger partial charge in [0.05, 0.1) is 23.9 Å². The smallest absolute Gasteiger partial charge is 0.254 e. The second-order valence-electron chi connectivity index (χ2n) is 3.99. The molecule has 0 aliphatic rings. The van der Waals surface area contributed by atoms with Crippen LogP contribution in [0.4, 0.5) is 0 Å². The largest absolute Gasteiger partial charge is 0.394 e. The molecule has 0 radical (unpaired) electrons. The first-order valence-corrected chi connectivity index (χ1v) is 5.74. The van der Waals surface area contributed by atoms with E-state index >= 15 is 0 Å². The zero-order chi connectivity index (χ0) is 13.1. The molecule has 2 N–H and O–H groups in total. The fourth-order valence-corrected chi connectivity index (χ4v) is 1.65. The number of carbonyl (C=O) groups excluding carboxylic acids is 1. The van der Waals surface area contributed by atoms with Gasteiger partial charge in [0.25, 0.3) is 11.7 Å². The summed E-state index contributed by atoms with van der Waals surface area (Å²) in [6.07, 6.45) is 3.53. The Morgan fingerprint density at radius 3 is 3.00 bits per heavy atom. The lowest BCUT2D eigenvalue weighted by atomic mass is 10.2. The van der Waals surface area contributed by atoms with Crippen molar-refractivity contribution in [3.63, 3.8) is 0 Å². The number of aryl methyl sites for hydroxylation is 1. The molecule has 2 aromatic heterocycles. The van der Waals surface area contributed by atoms with E-state index in [2.05, 4.69) is 20.4 Å². The number of hydrogen-bond acceptors (Lipinski definition) is 5. The van der Waals surface area contributed by atoms with Gasteiger partial charge in [0.15, 0.2) is 0 Å². The number of fused-ring (bicyclic) bond motifs is 1. The van der Waals surface area contributed by atoms with E-state index in [1.807, 2.05) is 6.92 Å². The molecule has 0 fully saturated rings. The van der Waals surface area contributed by atoms with Crippen LogP contribution in [0.15, 0.2) is 12.5 Å². The maximum Gasteiger partial charge on any atom is 0.254 e. The van der Waals surface area contributed by atoms with Crippen molar-refractivity contribution in [2.24, 2.45) is 0 Å². The standard InChI is InChI=1S/C11H15N5O2/c1-3-8(5-17)15-10(18)9-4-12-11-13-6-14-16(11)7(9)2/h4,6,8,17H,3,5H2,1-2H3,(H,15,18). The number of carbonyl (C=O) groups is 1. The molecule has 2 heterocycles. The summed E-state index contributed by atoms with van der Waals surface area (Å²) in [5.41, 5.74) is 1.10. The minimum Gasteiger partial charge on any atom is -0.394 e. The van der Waals surface area contributed by atoms with Gasteiger partial charge < -0.3 is 10.4 Å². The minimum absolute atomic E-state index is 0.0830. The van der Waals surface area contributed by atoms with Crippen LogP contribution >= 0.6 is 0 Å². The minimum atomic E-state index is -0.265. The lowest BCUT2D eigenvalue weighted by Crippen LogP contribution is -2.37. The summed E-state index contributed by atoms with van der Waals surface area (Å²) < 4.78 is 1.51. The second-order valence-corrected chi connectivity index (χ2v) is 3.99. The Bertz CT molecular complexity index is 562. The predicted molar refractivity (Wildman–Crippen MR) is 64.2 cm³/mol. The molecular formula is C11H15N5O2. The lowest BCUT2D eigenvalue weighted by molar-refractivity contribution is 0.0913. The average molecular weight is 249 g/mol. The molecule has 2 rings (SSSR count). The van der Waals surface area contributed by atoms with Gasteiger partial charge in [-0.1, -0.05) is 6.92 Å². The Labute approximate surface area is 104 Å². The van der Waals surface area contributed by atoms with Gasteiger partial charge >= 0.3 is 0 Å². The van der Waals surface area contributed by atoms with Gasteiger partial charge in [-0.25, -0.2) is 9.50 Å². The summed E-state index contributed by atoms with van der Waals surface area (Å²) in [6.45, 7) is 3.59. The van der Waals surface area contributed by atoms with Gasteiger partial charge in [-0.3, -0.25) is 4.79 Å². The quantitative estimate of drug-likeness (QED) is 0.791. The Morgan fingerprint density at radius 1 is 1.56 bits per heavy atom. The van der Waals surface area contributed by atoms with Crippen LogP contribution in [-0.4, -0.2) is 43.2 Å². The van der Waals surface area contributed by atoms with E-state index in [9.17, 15) is 4.79 Å². The van der Waals surface area contributed by atoms with Crippen LogP contribution in [-0.2, 0) is 0 Å². The number of nitrogens with one attached hydrogen (secondary N) is 1. The molecule has 1 atom stereocenters. The van der Waals surface area contributed by atoms with Crippen LogP contribution in [0, 0.1) is 6.92 Å². The summed E-state index contributed by atoms with van der Waals surface area (Å²) in [5, 5.41) is 15.8. The molecule has 0 bridgehead atoms. The Balaban J connectivity index is 2.30. The van der Waals surface area contributed by atoms with E-state index in [0.717, 1.165) is 0 Å². The predicted octanol–water partition coefficient (Wildman–Crippen LogP) is -0.0666. The SMILES string of the molecule is CCC(CO)NC(=O)c1cnc2ncnn2c1C. The van der Waals surface area contributed by atoms with Gasteiger partial charge in [-0.2, -0.15) is 10.1 Å². The molecular weight excluding hydrogens is 234 g/mol. The van der Waals surface area contributed by atoms with Gasteiger partial charge in [0.2, 0.25) is 0 Å². The van der Waals surface area contributed by atoms with Gasteiger partial charge in [0, 0.05) is 6.20 Å². The van der Waals surface area contributed by atoms with Gasteiger partial charge in [0.1, 0.15) is 6.33 Å². The number of hydrogen-bond donors (Lipinski definition) is 2. The fraction of sp³-hybridized carbons (Fsp3) is 0.455. The normalized spacial score (nSPS) is 12.6. The molecule has 96 valence electrons. The van der Waals surface area contributed by atoms with Crippen molar-refractivity contribution in [1.29, 1.82) is 0 Å². The van der Waals surface area contributed by atoms with Crippen LogP contribution in [0.5, 0.6) is 0 Å².